The summed E-state index contributed by atoms with van der Waals surface area (Å²) >= 11 is 0. The van der Waals surface area contributed by atoms with Gasteiger partial charge >= 0.3 is 21.7 Å². The monoisotopic (exact) mass is 328 g/mol. The quantitative estimate of drug-likeness (QED) is 0.370. The molecule has 0 N–H and O–H groups in total. The number of fused-ring (bicyclic) bond motifs is 1. The van der Waals surface area contributed by atoms with Crippen molar-refractivity contribution in [1.82, 2.24) is 0 Å². The van der Waals surface area contributed by atoms with Gasteiger partial charge in [-0.3, -0.25) is 0 Å². The van der Waals surface area contributed by atoms with Crippen LogP contribution in [0.2, 0.25) is 0 Å². The summed E-state index contributed by atoms with van der Waals surface area (Å²) in [6.07, 6.45) is 0. The average molecular weight is 329 g/mol. The molecule has 0 atom stereocenters. The van der Waals surface area contributed by atoms with Crippen molar-refractivity contribution in [2.45, 2.75) is 0 Å². The number of benzene rings is 1. The first kappa shape index (κ1) is 20.6. The SMILES string of the molecule is COc1ccc2[cH-]ccc2c1.[Cl-].[Cl-].[Ti+4].c1cc[cH-]c1. The maximum atomic E-state index is 5.09. The Morgan fingerprint density at radius 3 is 2.16 bits per heavy atom. The minimum atomic E-state index is 0. The minimum absolute atomic E-state index is 0. The van der Waals surface area contributed by atoms with Crippen molar-refractivity contribution >= 4 is 10.8 Å². The zero-order valence-corrected chi connectivity index (χ0v) is 13.6. The van der Waals surface area contributed by atoms with Crippen molar-refractivity contribution in [3.8, 4) is 5.75 Å². The maximum absolute atomic E-state index is 5.09. The second kappa shape index (κ2) is 11.1. The molecule has 0 aliphatic rings. The first-order valence-corrected chi connectivity index (χ1v) is 5.26. The van der Waals surface area contributed by atoms with Crippen LogP contribution in [0.1, 0.15) is 0 Å². The van der Waals surface area contributed by atoms with Gasteiger partial charge in [-0.05, 0) is 0 Å². The molecule has 0 fully saturated rings. The molecular formula is C15H14Cl2OTi. The van der Waals surface area contributed by atoms with Crippen molar-refractivity contribution in [1.29, 1.82) is 0 Å². The Morgan fingerprint density at radius 2 is 1.63 bits per heavy atom. The fourth-order valence-electron chi connectivity index (χ4n) is 1.55. The van der Waals surface area contributed by atoms with E-state index in [2.05, 4.69) is 18.2 Å². The molecule has 19 heavy (non-hydrogen) atoms. The Bertz CT molecular complexity index is 515. The van der Waals surface area contributed by atoms with Crippen molar-refractivity contribution in [3.05, 3.63) is 66.7 Å². The van der Waals surface area contributed by atoms with Gasteiger partial charge in [-0.25, -0.2) is 12.1 Å². The number of halogens is 2. The molecule has 0 aliphatic heterocycles. The number of rotatable bonds is 1. The van der Waals surface area contributed by atoms with Gasteiger partial charge in [0.2, 0.25) is 0 Å². The van der Waals surface area contributed by atoms with E-state index >= 15 is 0 Å². The van der Waals surface area contributed by atoms with Gasteiger partial charge in [-0.1, -0.05) is 12.1 Å². The van der Waals surface area contributed by atoms with Crippen molar-refractivity contribution < 1.29 is 51.3 Å². The third-order valence-electron chi connectivity index (χ3n) is 2.40. The van der Waals surface area contributed by atoms with Crippen LogP contribution >= 0.6 is 0 Å². The molecule has 1 nitrogen and oxygen atoms in total. The summed E-state index contributed by atoms with van der Waals surface area (Å²) in [5, 5.41) is 2.51. The van der Waals surface area contributed by atoms with E-state index in [-0.39, 0.29) is 46.5 Å². The standard InChI is InChI=1S/C10H9O.C5H5.2ClH.Ti/c1-11-10-6-5-8-3-2-4-9(8)7-10;1-2-4-5-3-1;;;/h2-7H,1H3;1-5H;2*1H;/q2*-1;;;+4/p-2. The summed E-state index contributed by atoms with van der Waals surface area (Å²) in [6, 6.07) is 22.3. The fourth-order valence-corrected chi connectivity index (χ4v) is 1.55. The van der Waals surface area contributed by atoms with Crippen molar-refractivity contribution in [2.24, 2.45) is 0 Å². The van der Waals surface area contributed by atoms with Gasteiger partial charge in [0.15, 0.2) is 0 Å². The van der Waals surface area contributed by atoms with Crippen LogP contribution in [0.3, 0.4) is 0 Å². The molecule has 3 rings (SSSR count). The van der Waals surface area contributed by atoms with Gasteiger partial charge in [0, 0.05) is 0 Å². The zero-order valence-electron chi connectivity index (χ0n) is 10.5. The normalized spacial score (nSPS) is 8.05. The van der Waals surface area contributed by atoms with E-state index in [9.17, 15) is 0 Å². The Kier molecular flexibility index (Phi) is 12.1. The number of hydrogen-bond donors (Lipinski definition) is 0. The topological polar surface area (TPSA) is 9.23 Å². The molecule has 0 heterocycles. The molecule has 0 saturated carbocycles. The van der Waals surface area contributed by atoms with Gasteiger partial charge in [-0.2, -0.15) is 30.3 Å². The number of ether oxygens (including phenoxy) is 1. The number of methoxy groups -OCH3 is 1. The molecule has 0 amide bonds. The van der Waals surface area contributed by atoms with Gasteiger partial charge in [0.25, 0.3) is 0 Å². The Morgan fingerprint density at radius 1 is 0.947 bits per heavy atom. The molecule has 0 spiro atoms. The first-order chi connectivity index (χ1) is 7.90. The molecule has 3 aromatic carbocycles. The van der Waals surface area contributed by atoms with Crippen LogP contribution in [-0.2, 0) is 21.7 Å². The van der Waals surface area contributed by atoms with Crippen LogP contribution in [0, 0.1) is 0 Å². The van der Waals surface area contributed by atoms with Gasteiger partial charge in [-0.15, -0.1) is 22.9 Å². The third kappa shape index (κ3) is 6.31. The largest absolute Gasteiger partial charge is 4.00 e. The Hall–Kier alpha value is -0.726. The van der Waals surface area contributed by atoms with Crippen LogP contribution in [0.25, 0.3) is 10.8 Å². The van der Waals surface area contributed by atoms with Crippen LogP contribution in [-0.4, -0.2) is 7.11 Å². The van der Waals surface area contributed by atoms with E-state index in [0.29, 0.717) is 0 Å². The van der Waals surface area contributed by atoms with Gasteiger partial charge < -0.3 is 29.6 Å². The van der Waals surface area contributed by atoms with E-state index < -0.39 is 0 Å². The van der Waals surface area contributed by atoms with E-state index in [0.717, 1.165) is 5.75 Å². The summed E-state index contributed by atoms with van der Waals surface area (Å²) < 4.78 is 5.09. The molecule has 0 unspecified atom stereocenters. The molecule has 0 aliphatic carbocycles. The number of hydrogen-bond acceptors (Lipinski definition) is 1. The van der Waals surface area contributed by atoms with Crippen molar-refractivity contribution in [3.63, 3.8) is 0 Å². The summed E-state index contributed by atoms with van der Waals surface area (Å²) in [5.41, 5.74) is 0. The Labute approximate surface area is 141 Å². The Balaban J connectivity index is 0. The summed E-state index contributed by atoms with van der Waals surface area (Å²) in [7, 11) is 1.68. The molecule has 0 radical (unpaired) electrons. The predicted molar refractivity (Wildman–Crippen MR) is 68.1 cm³/mol. The summed E-state index contributed by atoms with van der Waals surface area (Å²) in [5.74, 6) is 0.920. The molecule has 0 bridgehead atoms. The van der Waals surface area contributed by atoms with Gasteiger partial charge in [0.05, 0.1) is 12.9 Å². The molecular weight excluding hydrogens is 315 g/mol. The summed E-state index contributed by atoms with van der Waals surface area (Å²) in [6.45, 7) is 0. The average Bonchev–Trinajstić information content (AvgIpc) is 3.02. The second-order valence-corrected chi connectivity index (χ2v) is 3.48. The third-order valence-corrected chi connectivity index (χ3v) is 2.40. The van der Waals surface area contributed by atoms with E-state index in [1.54, 1.807) is 7.11 Å². The molecule has 3 aromatic rings. The molecule has 98 valence electrons. The first-order valence-electron chi connectivity index (χ1n) is 5.26. The predicted octanol–water partition coefficient (Wildman–Crippen LogP) is -2.02. The molecule has 0 aromatic heterocycles. The van der Waals surface area contributed by atoms with E-state index in [4.69, 9.17) is 4.74 Å². The smallest absolute Gasteiger partial charge is 1.00 e. The fraction of sp³-hybridized carbons (Fsp3) is 0.0667. The van der Waals surface area contributed by atoms with Crippen molar-refractivity contribution in [2.75, 3.05) is 7.11 Å². The molecule has 4 heteroatoms. The zero-order chi connectivity index (χ0) is 11.2. The van der Waals surface area contributed by atoms with Crippen LogP contribution in [0.5, 0.6) is 5.75 Å². The second-order valence-electron chi connectivity index (χ2n) is 3.48. The van der Waals surface area contributed by atoms with E-state index in [1.807, 2.05) is 48.5 Å². The summed E-state index contributed by atoms with van der Waals surface area (Å²) in [4.78, 5) is 0. The van der Waals surface area contributed by atoms with Gasteiger partial charge in [0.1, 0.15) is 0 Å². The van der Waals surface area contributed by atoms with E-state index in [1.165, 1.54) is 10.8 Å². The van der Waals surface area contributed by atoms with Crippen LogP contribution in [0.15, 0.2) is 66.7 Å². The maximum Gasteiger partial charge on any atom is 4.00 e. The van der Waals surface area contributed by atoms with Crippen LogP contribution in [0.4, 0.5) is 0 Å². The minimum Gasteiger partial charge on any atom is -1.00 e. The van der Waals surface area contributed by atoms with Crippen LogP contribution < -0.4 is 29.6 Å². The molecule has 0 saturated heterocycles.